The maximum atomic E-state index is 12.8. The van der Waals surface area contributed by atoms with Gasteiger partial charge in [0.25, 0.3) is 11.3 Å². The molecule has 3 rings (SSSR count). The van der Waals surface area contributed by atoms with E-state index in [2.05, 4.69) is 20.4 Å². The predicted molar refractivity (Wildman–Crippen MR) is 103 cm³/mol. The van der Waals surface area contributed by atoms with Gasteiger partial charge >= 0.3 is 0 Å². The summed E-state index contributed by atoms with van der Waals surface area (Å²) in [5.74, 6) is 0.255. The van der Waals surface area contributed by atoms with E-state index in [-0.39, 0.29) is 35.6 Å². The highest BCUT2D eigenvalue weighted by Crippen LogP contribution is 2.16. The lowest BCUT2D eigenvalue weighted by Gasteiger charge is -2.15. The molecular weight excluding hydrogens is 354 g/mol. The van der Waals surface area contributed by atoms with E-state index in [1.807, 2.05) is 30.3 Å². The normalized spacial score (nSPS) is 11.2. The molecule has 2 aromatic heterocycles. The topological polar surface area (TPSA) is 92.2 Å². The van der Waals surface area contributed by atoms with Gasteiger partial charge in [0.15, 0.2) is 0 Å². The average Bonchev–Trinajstić information content (AvgIpc) is 2.94. The maximum absolute atomic E-state index is 12.8. The van der Waals surface area contributed by atoms with Gasteiger partial charge in [0.05, 0.1) is 5.69 Å². The van der Waals surface area contributed by atoms with Crippen LogP contribution >= 0.6 is 12.4 Å². The molecule has 0 aliphatic rings. The second-order valence-electron chi connectivity index (χ2n) is 7.06. The number of carbonyl (C=O) groups excluding carboxylic acids is 1. The van der Waals surface area contributed by atoms with E-state index >= 15 is 0 Å². The van der Waals surface area contributed by atoms with Crippen LogP contribution in [0.15, 0.2) is 35.1 Å². The molecule has 0 saturated heterocycles. The van der Waals surface area contributed by atoms with Crippen LogP contribution in [0.1, 0.15) is 37.6 Å². The van der Waals surface area contributed by atoms with E-state index in [9.17, 15) is 9.59 Å². The number of anilines is 1. The van der Waals surface area contributed by atoms with Crippen molar-refractivity contribution in [2.75, 3.05) is 5.32 Å². The Balaban J connectivity index is 0.00000243. The van der Waals surface area contributed by atoms with E-state index in [4.69, 9.17) is 0 Å². The van der Waals surface area contributed by atoms with Crippen LogP contribution in [0.2, 0.25) is 0 Å². The predicted octanol–water partition coefficient (Wildman–Crippen LogP) is 2.72. The molecule has 0 spiro atoms. The summed E-state index contributed by atoms with van der Waals surface area (Å²) < 4.78 is 1.27. The Morgan fingerprint density at radius 3 is 2.46 bits per heavy atom. The number of hydrogen-bond acceptors (Lipinski definition) is 4. The number of carbonyl (C=O) groups is 1. The number of fused-ring (bicyclic) bond motifs is 1. The molecule has 0 fully saturated rings. The molecule has 2 heterocycles. The van der Waals surface area contributed by atoms with Gasteiger partial charge in [-0.15, -0.1) is 12.4 Å². The van der Waals surface area contributed by atoms with Crippen LogP contribution in [-0.2, 0) is 11.2 Å². The second-order valence-corrected chi connectivity index (χ2v) is 7.06. The summed E-state index contributed by atoms with van der Waals surface area (Å²) in [6, 6.07) is 9.74. The van der Waals surface area contributed by atoms with Crippen molar-refractivity contribution < 1.29 is 4.79 Å². The third kappa shape index (κ3) is 3.94. The third-order valence-corrected chi connectivity index (χ3v) is 3.93. The SMILES string of the molecule is Cc1nc2nc(NC(=O)C(C)(C)C)[nH]n2c(=O)c1Cc1ccccc1.Cl. The second kappa shape index (κ2) is 7.29. The molecule has 2 N–H and O–H groups in total. The Labute approximate surface area is 157 Å². The number of nitrogens with one attached hydrogen (secondary N) is 2. The number of aromatic amines is 1. The minimum Gasteiger partial charge on any atom is -0.294 e. The molecule has 0 unspecified atom stereocenters. The Morgan fingerprint density at radius 1 is 1.19 bits per heavy atom. The summed E-state index contributed by atoms with van der Waals surface area (Å²) in [6.45, 7) is 7.20. The Hall–Kier alpha value is -2.67. The number of nitrogens with zero attached hydrogens (tertiary/aromatic N) is 3. The first kappa shape index (κ1) is 19.7. The fraction of sp³-hybridized carbons (Fsp3) is 0.333. The van der Waals surface area contributed by atoms with Crippen LogP contribution in [0.5, 0.6) is 0 Å². The number of rotatable bonds is 3. The molecule has 0 radical (unpaired) electrons. The van der Waals surface area contributed by atoms with Crippen molar-refractivity contribution in [2.45, 2.75) is 34.1 Å². The molecule has 7 nitrogen and oxygen atoms in total. The van der Waals surface area contributed by atoms with E-state index in [1.54, 1.807) is 27.7 Å². The number of aromatic nitrogens is 4. The van der Waals surface area contributed by atoms with Gasteiger partial charge in [-0.2, -0.15) is 9.50 Å². The summed E-state index contributed by atoms with van der Waals surface area (Å²) in [6.07, 6.45) is 0.490. The van der Waals surface area contributed by atoms with Crippen molar-refractivity contribution >= 4 is 30.0 Å². The highest BCUT2D eigenvalue weighted by molar-refractivity contribution is 5.93. The van der Waals surface area contributed by atoms with Gasteiger partial charge < -0.3 is 0 Å². The number of benzene rings is 1. The smallest absolute Gasteiger partial charge is 0.277 e. The van der Waals surface area contributed by atoms with Gasteiger partial charge in [-0.1, -0.05) is 51.1 Å². The van der Waals surface area contributed by atoms with E-state index in [1.165, 1.54) is 4.52 Å². The van der Waals surface area contributed by atoms with Crippen molar-refractivity contribution in [3.8, 4) is 0 Å². The lowest BCUT2D eigenvalue weighted by molar-refractivity contribution is -0.123. The van der Waals surface area contributed by atoms with Crippen LogP contribution in [-0.4, -0.2) is 25.5 Å². The molecule has 26 heavy (non-hydrogen) atoms. The standard InChI is InChI=1S/C18H21N5O2.ClH/c1-11-13(10-12-8-6-5-7-9-12)14(24)23-17(19-11)21-16(22-23)20-15(25)18(2,3)4;/h5-9H,10H2,1-4H3,(H2,19,20,21,22,25);1H. The molecule has 0 saturated carbocycles. The minimum atomic E-state index is -0.564. The molecule has 138 valence electrons. The molecular formula is C18H22ClN5O2. The zero-order chi connectivity index (χ0) is 18.2. The Kier molecular flexibility index (Phi) is 5.51. The van der Waals surface area contributed by atoms with E-state index in [0.717, 1.165) is 5.56 Å². The Bertz CT molecular complexity index is 986. The maximum Gasteiger partial charge on any atom is 0.277 e. The fourth-order valence-corrected chi connectivity index (χ4v) is 2.41. The highest BCUT2D eigenvalue weighted by Gasteiger charge is 2.23. The minimum absolute atomic E-state index is 0. The molecule has 1 aromatic carbocycles. The molecule has 3 aromatic rings. The van der Waals surface area contributed by atoms with Crippen LogP contribution in [0.25, 0.3) is 5.78 Å². The quantitative estimate of drug-likeness (QED) is 0.736. The first-order valence-electron chi connectivity index (χ1n) is 8.09. The van der Waals surface area contributed by atoms with Gasteiger partial charge in [0.1, 0.15) is 0 Å². The first-order valence-corrected chi connectivity index (χ1v) is 8.09. The summed E-state index contributed by atoms with van der Waals surface area (Å²) >= 11 is 0. The van der Waals surface area contributed by atoms with Crippen molar-refractivity contribution in [1.29, 1.82) is 0 Å². The van der Waals surface area contributed by atoms with Crippen molar-refractivity contribution in [1.82, 2.24) is 19.6 Å². The average molecular weight is 376 g/mol. The fourth-order valence-electron chi connectivity index (χ4n) is 2.41. The zero-order valence-electron chi connectivity index (χ0n) is 15.2. The van der Waals surface area contributed by atoms with Crippen LogP contribution in [0.3, 0.4) is 0 Å². The monoisotopic (exact) mass is 375 g/mol. The molecule has 0 atom stereocenters. The number of hydrogen-bond donors (Lipinski definition) is 2. The van der Waals surface area contributed by atoms with E-state index < -0.39 is 5.41 Å². The number of amides is 1. The Morgan fingerprint density at radius 2 is 1.85 bits per heavy atom. The molecule has 8 heteroatoms. The van der Waals surface area contributed by atoms with E-state index in [0.29, 0.717) is 17.7 Å². The molecule has 1 amide bonds. The molecule has 0 bridgehead atoms. The largest absolute Gasteiger partial charge is 0.294 e. The van der Waals surface area contributed by atoms with Gasteiger partial charge in [0, 0.05) is 17.4 Å². The third-order valence-electron chi connectivity index (χ3n) is 3.93. The lowest BCUT2D eigenvalue weighted by atomic mass is 9.96. The summed E-state index contributed by atoms with van der Waals surface area (Å²) in [5.41, 5.74) is 1.49. The number of aryl methyl sites for hydroxylation is 1. The number of H-pyrrole nitrogens is 1. The van der Waals surface area contributed by atoms with Gasteiger partial charge in [-0.05, 0) is 12.5 Å². The van der Waals surface area contributed by atoms with Crippen LogP contribution in [0.4, 0.5) is 5.95 Å². The molecule has 0 aliphatic carbocycles. The zero-order valence-corrected chi connectivity index (χ0v) is 16.0. The first-order chi connectivity index (χ1) is 11.8. The lowest BCUT2D eigenvalue weighted by Crippen LogP contribution is -2.28. The van der Waals surface area contributed by atoms with Crippen LogP contribution in [0, 0.1) is 12.3 Å². The molecule has 0 aliphatic heterocycles. The van der Waals surface area contributed by atoms with Crippen molar-refractivity contribution in [3.05, 3.63) is 57.5 Å². The van der Waals surface area contributed by atoms with Gasteiger partial charge in [0.2, 0.25) is 11.9 Å². The summed E-state index contributed by atoms with van der Waals surface area (Å²) in [7, 11) is 0. The van der Waals surface area contributed by atoms with Gasteiger partial charge in [-0.3, -0.25) is 20.0 Å². The van der Waals surface area contributed by atoms with Crippen LogP contribution < -0.4 is 10.9 Å². The number of halogens is 1. The van der Waals surface area contributed by atoms with Crippen molar-refractivity contribution in [2.24, 2.45) is 5.41 Å². The summed E-state index contributed by atoms with van der Waals surface area (Å²) in [4.78, 5) is 33.5. The van der Waals surface area contributed by atoms with Crippen molar-refractivity contribution in [3.63, 3.8) is 0 Å². The van der Waals surface area contributed by atoms with Gasteiger partial charge in [-0.25, -0.2) is 4.98 Å². The highest BCUT2D eigenvalue weighted by atomic mass is 35.5. The summed E-state index contributed by atoms with van der Waals surface area (Å²) in [5, 5.41) is 5.50.